The van der Waals surface area contributed by atoms with E-state index in [0.717, 1.165) is 5.75 Å². The highest BCUT2D eigenvalue weighted by molar-refractivity contribution is 5.88. The Kier molecular flexibility index (Phi) is 3.19. The van der Waals surface area contributed by atoms with Crippen LogP contribution in [0.3, 0.4) is 0 Å². The molecular weight excluding hydrogens is 244 g/mol. The van der Waals surface area contributed by atoms with Gasteiger partial charge >= 0.3 is 0 Å². The molecule has 20 heavy (non-hydrogen) atoms. The van der Waals surface area contributed by atoms with Gasteiger partial charge in [0.2, 0.25) is 0 Å². The SMILES string of the molecule is COc1ccc2cc(-c3ccc(C)cc3C)ccc2c1. The van der Waals surface area contributed by atoms with Gasteiger partial charge in [-0.2, -0.15) is 0 Å². The lowest BCUT2D eigenvalue weighted by atomic mass is 9.96. The van der Waals surface area contributed by atoms with Gasteiger partial charge in [0.1, 0.15) is 5.75 Å². The van der Waals surface area contributed by atoms with Gasteiger partial charge in [0.25, 0.3) is 0 Å². The molecule has 0 aliphatic heterocycles. The number of aryl methyl sites for hydroxylation is 2. The summed E-state index contributed by atoms with van der Waals surface area (Å²) in [6.07, 6.45) is 0. The number of benzene rings is 3. The van der Waals surface area contributed by atoms with Gasteiger partial charge in [0.15, 0.2) is 0 Å². The Labute approximate surface area is 119 Å². The van der Waals surface area contributed by atoms with Crippen molar-refractivity contribution in [3.8, 4) is 16.9 Å². The summed E-state index contributed by atoms with van der Waals surface area (Å²) in [7, 11) is 1.70. The van der Waals surface area contributed by atoms with E-state index >= 15 is 0 Å². The van der Waals surface area contributed by atoms with Crippen LogP contribution in [0, 0.1) is 13.8 Å². The second-order valence-electron chi connectivity index (χ2n) is 5.25. The van der Waals surface area contributed by atoms with E-state index in [1.54, 1.807) is 7.11 Å². The number of rotatable bonds is 2. The van der Waals surface area contributed by atoms with Crippen LogP contribution in [-0.2, 0) is 0 Å². The summed E-state index contributed by atoms with van der Waals surface area (Å²) in [6.45, 7) is 4.30. The molecule has 0 radical (unpaired) electrons. The molecule has 0 heterocycles. The third kappa shape index (κ3) is 2.27. The maximum absolute atomic E-state index is 5.27. The van der Waals surface area contributed by atoms with Gasteiger partial charge in [0, 0.05) is 0 Å². The normalized spacial score (nSPS) is 10.8. The van der Waals surface area contributed by atoms with Crippen LogP contribution in [0.15, 0.2) is 54.6 Å². The number of hydrogen-bond donors (Lipinski definition) is 0. The van der Waals surface area contributed by atoms with Gasteiger partial charge in [-0.3, -0.25) is 0 Å². The monoisotopic (exact) mass is 262 g/mol. The minimum absolute atomic E-state index is 0.900. The van der Waals surface area contributed by atoms with Crippen molar-refractivity contribution < 1.29 is 4.74 Å². The molecule has 0 atom stereocenters. The minimum atomic E-state index is 0.900. The van der Waals surface area contributed by atoms with E-state index in [2.05, 4.69) is 62.4 Å². The van der Waals surface area contributed by atoms with Crippen LogP contribution >= 0.6 is 0 Å². The van der Waals surface area contributed by atoms with E-state index in [9.17, 15) is 0 Å². The molecule has 3 rings (SSSR count). The average Bonchev–Trinajstić information content (AvgIpc) is 2.46. The summed E-state index contributed by atoms with van der Waals surface area (Å²) >= 11 is 0. The van der Waals surface area contributed by atoms with Gasteiger partial charge in [-0.25, -0.2) is 0 Å². The first-order valence-corrected chi connectivity index (χ1v) is 6.83. The van der Waals surface area contributed by atoms with Crippen molar-refractivity contribution in [1.29, 1.82) is 0 Å². The highest BCUT2D eigenvalue weighted by Gasteiger charge is 2.04. The largest absolute Gasteiger partial charge is 0.497 e. The van der Waals surface area contributed by atoms with Crippen molar-refractivity contribution in [2.45, 2.75) is 13.8 Å². The molecule has 0 saturated carbocycles. The summed E-state index contributed by atoms with van der Waals surface area (Å²) in [5.74, 6) is 0.900. The Morgan fingerprint density at radius 2 is 1.50 bits per heavy atom. The fraction of sp³-hybridized carbons (Fsp3) is 0.158. The molecule has 0 fully saturated rings. The molecule has 1 nitrogen and oxygen atoms in total. The second kappa shape index (κ2) is 5.01. The summed E-state index contributed by atoms with van der Waals surface area (Å²) in [4.78, 5) is 0. The highest BCUT2D eigenvalue weighted by atomic mass is 16.5. The Morgan fingerprint density at radius 1 is 0.750 bits per heavy atom. The quantitative estimate of drug-likeness (QED) is 0.622. The standard InChI is InChI=1S/C19H18O/c1-13-4-9-19(14(2)10-13)17-6-5-16-12-18(20-3)8-7-15(16)11-17/h4-12H,1-3H3. The predicted molar refractivity (Wildman–Crippen MR) is 85.4 cm³/mol. The Hall–Kier alpha value is -2.28. The van der Waals surface area contributed by atoms with Crippen molar-refractivity contribution >= 4 is 10.8 Å². The van der Waals surface area contributed by atoms with Crippen LogP contribution in [-0.4, -0.2) is 7.11 Å². The molecule has 3 aromatic carbocycles. The van der Waals surface area contributed by atoms with Gasteiger partial charge in [-0.05, 0) is 59.5 Å². The number of hydrogen-bond acceptors (Lipinski definition) is 1. The zero-order valence-corrected chi connectivity index (χ0v) is 12.1. The molecule has 0 aliphatic rings. The van der Waals surface area contributed by atoms with E-state index in [4.69, 9.17) is 4.74 Å². The van der Waals surface area contributed by atoms with Crippen LogP contribution in [0.2, 0.25) is 0 Å². The van der Waals surface area contributed by atoms with Crippen molar-refractivity contribution in [2.24, 2.45) is 0 Å². The van der Waals surface area contributed by atoms with E-state index < -0.39 is 0 Å². The van der Waals surface area contributed by atoms with Gasteiger partial charge < -0.3 is 4.74 Å². The molecule has 0 saturated heterocycles. The van der Waals surface area contributed by atoms with Crippen LogP contribution in [0.25, 0.3) is 21.9 Å². The lowest BCUT2D eigenvalue weighted by molar-refractivity contribution is 0.415. The Bertz CT molecular complexity index is 772. The lowest BCUT2D eigenvalue weighted by Gasteiger charge is -2.09. The Balaban J connectivity index is 2.13. The van der Waals surface area contributed by atoms with Crippen LogP contribution in [0.5, 0.6) is 5.75 Å². The minimum Gasteiger partial charge on any atom is -0.497 e. The topological polar surface area (TPSA) is 9.23 Å². The van der Waals surface area contributed by atoms with E-state index in [0.29, 0.717) is 0 Å². The zero-order valence-electron chi connectivity index (χ0n) is 12.1. The first-order chi connectivity index (χ1) is 9.67. The Morgan fingerprint density at radius 3 is 2.25 bits per heavy atom. The summed E-state index contributed by atoms with van der Waals surface area (Å²) in [5.41, 5.74) is 5.18. The lowest BCUT2D eigenvalue weighted by Crippen LogP contribution is -1.86. The molecule has 100 valence electrons. The molecule has 0 aromatic heterocycles. The molecular formula is C19H18O. The van der Waals surface area contributed by atoms with Gasteiger partial charge in [-0.1, -0.05) is 42.0 Å². The molecule has 0 spiro atoms. The fourth-order valence-electron chi connectivity index (χ4n) is 2.66. The number of methoxy groups -OCH3 is 1. The maximum atomic E-state index is 5.27. The first kappa shape index (κ1) is 12.7. The molecule has 0 aliphatic carbocycles. The molecule has 0 bridgehead atoms. The molecule has 0 amide bonds. The van der Waals surface area contributed by atoms with Crippen LogP contribution in [0.1, 0.15) is 11.1 Å². The number of fused-ring (bicyclic) bond motifs is 1. The third-order valence-corrected chi connectivity index (χ3v) is 3.74. The van der Waals surface area contributed by atoms with Crippen LogP contribution in [0.4, 0.5) is 0 Å². The molecule has 3 aromatic rings. The van der Waals surface area contributed by atoms with Crippen molar-refractivity contribution in [1.82, 2.24) is 0 Å². The second-order valence-corrected chi connectivity index (χ2v) is 5.25. The smallest absolute Gasteiger partial charge is 0.119 e. The van der Waals surface area contributed by atoms with Crippen molar-refractivity contribution in [2.75, 3.05) is 7.11 Å². The average molecular weight is 262 g/mol. The van der Waals surface area contributed by atoms with E-state index in [1.165, 1.54) is 33.0 Å². The van der Waals surface area contributed by atoms with Crippen molar-refractivity contribution in [3.63, 3.8) is 0 Å². The molecule has 0 N–H and O–H groups in total. The molecule has 1 heteroatoms. The maximum Gasteiger partial charge on any atom is 0.119 e. The molecule has 0 unspecified atom stereocenters. The summed E-state index contributed by atoms with van der Waals surface area (Å²) < 4.78 is 5.27. The third-order valence-electron chi connectivity index (χ3n) is 3.74. The zero-order chi connectivity index (χ0) is 14.1. The van der Waals surface area contributed by atoms with Crippen LogP contribution < -0.4 is 4.74 Å². The van der Waals surface area contributed by atoms with Gasteiger partial charge in [0.05, 0.1) is 7.11 Å². The predicted octanol–water partition coefficient (Wildman–Crippen LogP) is 5.13. The van der Waals surface area contributed by atoms with E-state index in [-0.39, 0.29) is 0 Å². The van der Waals surface area contributed by atoms with Crippen molar-refractivity contribution in [3.05, 3.63) is 65.7 Å². The first-order valence-electron chi connectivity index (χ1n) is 6.83. The summed E-state index contributed by atoms with van der Waals surface area (Å²) in [5, 5.41) is 2.45. The van der Waals surface area contributed by atoms with E-state index in [1.807, 2.05) is 6.07 Å². The summed E-state index contributed by atoms with van der Waals surface area (Å²) in [6, 6.07) is 19.4. The number of ether oxygens (including phenoxy) is 1. The fourth-order valence-corrected chi connectivity index (χ4v) is 2.66. The van der Waals surface area contributed by atoms with Gasteiger partial charge in [-0.15, -0.1) is 0 Å². The highest BCUT2D eigenvalue weighted by Crippen LogP contribution is 2.29.